The molecule has 0 aliphatic heterocycles. The van der Waals surface area contributed by atoms with Crippen molar-refractivity contribution in [3.8, 4) is 0 Å². The lowest BCUT2D eigenvalue weighted by molar-refractivity contribution is -0.119. The number of amides is 1. The van der Waals surface area contributed by atoms with Gasteiger partial charge in [-0.2, -0.15) is 5.10 Å². The first-order chi connectivity index (χ1) is 7.99. The van der Waals surface area contributed by atoms with Crippen molar-refractivity contribution in [3.05, 3.63) is 11.4 Å². The highest BCUT2D eigenvalue weighted by molar-refractivity contribution is 5.80. The molecule has 0 saturated heterocycles. The lowest BCUT2D eigenvalue weighted by Gasteiger charge is -2.08. The molecule has 0 aromatic carbocycles. The largest absolute Gasteiger partial charge is 0.354 e. The quantitative estimate of drug-likeness (QED) is 0.787. The second-order valence-corrected chi connectivity index (χ2v) is 4.36. The standard InChI is InChI=1S/C11H19N5O/c1-7(2)5-12-10(17)6-13-11-14-8(3)9(4)15-16-11/h7H,5-6H2,1-4H3,(H,12,17)(H,13,14,16). The van der Waals surface area contributed by atoms with Gasteiger partial charge in [0.05, 0.1) is 17.9 Å². The SMILES string of the molecule is Cc1nnc(NCC(=O)NCC(C)C)nc1C. The van der Waals surface area contributed by atoms with Crippen molar-refractivity contribution < 1.29 is 4.79 Å². The van der Waals surface area contributed by atoms with Crippen LogP contribution in [-0.2, 0) is 4.79 Å². The Kier molecular flexibility index (Phi) is 4.81. The maximum atomic E-state index is 11.4. The highest BCUT2D eigenvalue weighted by atomic mass is 16.1. The van der Waals surface area contributed by atoms with Crippen LogP contribution >= 0.6 is 0 Å². The van der Waals surface area contributed by atoms with E-state index in [-0.39, 0.29) is 12.5 Å². The van der Waals surface area contributed by atoms with E-state index in [1.54, 1.807) is 0 Å². The molecule has 17 heavy (non-hydrogen) atoms. The van der Waals surface area contributed by atoms with E-state index in [2.05, 4.69) is 25.8 Å². The Balaban J connectivity index is 2.39. The molecule has 1 heterocycles. The van der Waals surface area contributed by atoms with Crippen molar-refractivity contribution in [2.45, 2.75) is 27.7 Å². The van der Waals surface area contributed by atoms with Crippen molar-refractivity contribution in [3.63, 3.8) is 0 Å². The van der Waals surface area contributed by atoms with Crippen LogP contribution in [0, 0.1) is 19.8 Å². The van der Waals surface area contributed by atoms with Crippen LogP contribution in [0.15, 0.2) is 0 Å². The van der Waals surface area contributed by atoms with E-state index < -0.39 is 0 Å². The number of anilines is 1. The maximum absolute atomic E-state index is 11.4. The van der Waals surface area contributed by atoms with Crippen LogP contribution in [0.3, 0.4) is 0 Å². The maximum Gasteiger partial charge on any atom is 0.243 e. The third-order valence-corrected chi connectivity index (χ3v) is 2.21. The van der Waals surface area contributed by atoms with Crippen molar-refractivity contribution in [2.24, 2.45) is 5.92 Å². The van der Waals surface area contributed by atoms with Crippen LogP contribution in [0.4, 0.5) is 5.95 Å². The molecule has 0 radical (unpaired) electrons. The second kappa shape index (κ2) is 6.12. The number of aromatic nitrogens is 3. The van der Waals surface area contributed by atoms with Gasteiger partial charge < -0.3 is 10.6 Å². The normalized spacial score (nSPS) is 10.4. The van der Waals surface area contributed by atoms with Gasteiger partial charge in [0, 0.05) is 6.54 Å². The highest BCUT2D eigenvalue weighted by Crippen LogP contribution is 2.01. The smallest absolute Gasteiger partial charge is 0.243 e. The Morgan fingerprint density at radius 1 is 1.24 bits per heavy atom. The molecule has 6 heteroatoms. The molecule has 0 aliphatic carbocycles. The zero-order chi connectivity index (χ0) is 12.8. The monoisotopic (exact) mass is 237 g/mol. The molecular formula is C11H19N5O. The molecule has 6 nitrogen and oxygen atoms in total. The summed E-state index contributed by atoms with van der Waals surface area (Å²) in [5.41, 5.74) is 1.60. The minimum absolute atomic E-state index is 0.0690. The number of nitrogens with zero attached hydrogens (tertiary/aromatic N) is 3. The van der Waals surface area contributed by atoms with Gasteiger partial charge in [0.1, 0.15) is 0 Å². The van der Waals surface area contributed by atoms with Crippen LogP contribution in [0.5, 0.6) is 0 Å². The molecule has 94 valence electrons. The van der Waals surface area contributed by atoms with E-state index in [1.165, 1.54) is 0 Å². The first-order valence-electron chi connectivity index (χ1n) is 5.67. The van der Waals surface area contributed by atoms with Gasteiger partial charge in [-0.05, 0) is 19.8 Å². The first-order valence-corrected chi connectivity index (χ1v) is 5.67. The van der Waals surface area contributed by atoms with E-state index in [9.17, 15) is 4.79 Å². The summed E-state index contributed by atoms with van der Waals surface area (Å²) < 4.78 is 0. The van der Waals surface area contributed by atoms with Crippen LogP contribution in [0.2, 0.25) is 0 Å². The number of hydrogen-bond acceptors (Lipinski definition) is 5. The van der Waals surface area contributed by atoms with Crippen molar-refractivity contribution in [2.75, 3.05) is 18.4 Å². The van der Waals surface area contributed by atoms with Gasteiger partial charge in [-0.1, -0.05) is 13.8 Å². The molecule has 0 unspecified atom stereocenters. The minimum atomic E-state index is -0.0690. The Hall–Kier alpha value is -1.72. The van der Waals surface area contributed by atoms with Gasteiger partial charge in [0.25, 0.3) is 0 Å². The van der Waals surface area contributed by atoms with Crippen LogP contribution in [0.25, 0.3) is 0 Å². The molecule has 2 N–H and O–H groups in total. The Labute approximate surface area is 101 Å². The van der Waals surface area contributed by atoms with Crippen molar-refractivity contribution in [1.29, 1.82) is 0 Å². The van der Waals surface area contributed by atoms with E-state index in [0.717, 1.165) is 11.4 Å². The zero-order valence-electron chi connectivity index (χ0n) is 10.7. The lowest BCUT2D eigenvalue weighted by atomic mass is 10.2. The summed E-state index contributed by atoms with van der Waals surface area (Å²) in [7, 11) is 0. The summed E-state index contributed by atoms with van der Waals surface area (Å²) in [6.07, 6.45) is 0. The summed E-state index contributed by atoms with van der Waals surface area (Å²) >= 11 is 0. The average molecular weight is 237 g/mol. The van der Waals surface area contributed by atoms with E-state index in [1.807, 2.05) is 27.7 Å². The zero-order valence-corrected chi connectivity index (χ0v) is 10.7. The molecule has 0 atom stereocenters. The van der Waals surface area contributed by atoms with E-state index in [4.69, 9.17) is 0 Å². The van der Waals surface area contributed by atoms with Gasteiger partial charge in [-0.15, -0.1) is 5.10 Å². The summed E-state index contributed by atoms with van der Waals surface area (Å²) in [4.78, 5) is 15.6. The Bertz CT molecular complexity index is 391. The number of aryl methyl sites for hydroxylation is 2. The first kappa shape index (κ1) is 13.3. The number of hydrogen-bond donors (Lipinski definition) is 2. The second-order valence-electron chi connectivity index (χ2n) is 4.36. The average Bonchev–Trinajstić information content (AvgIpc) is 2.28. The fraction of sp³-hybridized carbons (Fsp3) is 0.636. The van der Waals surface area contributed by atoms with Gasteiger partial charge in [-0.25, -0.2) is 4.98 Å². The predicted octanol–water partition coefficient (Wildman–Crippen LogP) is 0.673. The minimum Gasteiger partial charge on any atom is -0.354 e. The van der Waals surface area contributed by atoms with Gasteiger partial charge >= 0.3 is 0 Å². The summed E-state index contributed by atoms with van der Waals surface area (Å²) in [5.74, 6) is 0.756. The summed E-state index contributed by atoms with van der Waals surface area (Å²) in [6.45, 7) is 8.63. The number of rotatable bonds is 5. The van der Waals surface area contributed by atoms with Crippen molar-refractivity contribution >= 4 is 11.9 Å². The third kappa shape index (κ3) is 4.76. The Morgan fingerprint density at radius 2 is 1.94 bits per heavy atom. The summed E-state index contributed by atoms with van der Waals surface area (Å²) in [5, 5.41) is 13.4. The molecule has 1 aromatic heterocycles. The fourth-order valence-electron chi connectivity index (χ4n) is 1.07. The molecule has 1 aromatic rings. The predicted molar refractivity (Wildman–Crippen MR) is 65.6 cm³/mol. The molecule has 0 bridgehead atoms. The van der Waals surface area contributed by atoms with Gasteiger partial charge in [-0.3, -0.25) is 4.79 Å². The van der Waals surface area contributed by atoms with Crippen molar-refractivity contribution in [1.82, 2.24) is 20.5 Å². The van der Waals surface area contributed by atoms with E-state index >= 15 is 0 Å². The topological polar surface area (TPSA) is 79.8 Å². The van der Waals surface area contributed by atoms with Gasteiger partial charge in [0.2, 0.25) is 11.9 Å². The van der Waals surface area contributed by atoms with Crippen LogP contribution in [0.1, 0.15) is 25.2 Å². The van der Waals surface area contributed by atoms with Crippen LogP contribution < -0.4 is 10.6 Å². The molecule has 0 fully saturated rings. The summed E-state index contributed by atoms with van der Waals surface area (Å²) in [6, 6.07) is 0. The molecule has 0 spiro atoms. The lowest BCUT2D eigenvalue weighted by Crippen LogP contribution is -2.32. The fourth-order valence-corrected chi connectivity index (χ4v) is 1.07. The number of carbonyl (C=O) groups excluding carboxylic acids is 1. The third-order valence-electron chi connectivity index (χ3n) is 2.21. The molecule has 0 saturated carbocycles. The van der Waals surface area contributed by atoms with Gasteiger partial charge in [0.15, 0.2) is 0 Å². The highest BCUT2D eigenvalue weighted by Gasteiger charge is 2.05. The Morgan fingerprint density at radius 3 is 2.53 bits per heavy atom. The van der Waals surface area contributed by atoms with E-state index in [0.29, 0.717) is 18.4 Å². The molecule has 1 rings (SSSR count). The molecule has 0 aliphatic rings. The molecular weight excluding hydrogens is 218 g/mol. The van der Waals surface area contributed by atoms with Crippen LogP contribution in [-0.4, -0.2) is 34.2 Å². The molecule has 1 amide bonds. The number of nitrogens with one attached hydrogen (secondary N) is 2. The number of carbonyl (C=O) groups is 1.